The highest BCUT2D eigenvalue weighted by atomic mass is 32.2. The fraction of sp³-hybridized carbons (Fsp3) is 0.889. The summed E-state index contributed by atoms with van der Waals surface area (Å²) in [6, 6.07) is -1.36. The van der Waals surface area contributed by atoms with E-state index in [1.807, 2.05) is 13.8 Å². The minimum absolute atomic E-state index is 0.0999. The zero-order valence-electron chi connectivity index (χ0n) is 10.0. The molecule has 6 nitrogen and oxygen atoms in total. The van der Waals surface area contributed by atoms with Gasteiger partial charge in [0, 0.05) is 6.04 Å². The van der Waals surface area contributed by atoms with E-state index in [4.69, 9.17) is 5.11 Å². The second kappa shape index (κ2) is 6.17. The van der Waals surface area contributed by atoms with Gasteiger partial charge < -0.3 is 5.11 Å². The Labute approximate surface area is 96.6 Å². The lowest BCUT2D eigenvalue weighted by molar-refractivity contribution is -0.139. The van der Waals surface area contributed by atoms with Gasteiger partial charge in [0.25, 0.3) is 10.2 Å². The summed E-state index contributed by atoms with van der Waals surface area (Å²) in [5.74, 6) is -1.06. The summed E-state index contributed by atoms with van der Waals surface area (Å²) in [5.41, 5.74) is 0. The number of hydrogen-bond donors (Lipinski definition) is 3. The first-order valence-electron chi connectivity index (χ1n) is 5.16. The van der Waals surface area contributed by atoms with Crippen molar-refractivity contribution in [1.29, 1.82) is 0 Å². The Balaban J connectivity index is 4.57. The van der Waals surface area contributed by atoms with Crippen LogP contribution in [0.1, 0.15) is 34.1 Å². The molecule has 1 unspecified atom stereocenters. The molecule has 0 spiro atoms. The van der Waals surface area contributed by atoms with Gasteiger partial charge in [0.15, 0.2) is 0 Å². The van der Waals surface area contributed by atoms with E-state index < -0.39 is 22.2 Å². The molecule has 0 aromatic rings. The Kier molecular flexibility index (Phi) is 5.91. The maximum atomic E-state index is 11.5. The van der Waals surface area contributed by atoms with Crippen LogP contribution in [0.4, 0.5) is 0 Å². The molecule has 0 aromatic heterocycles. The normalized spacial score (nSPS) is 14.4. The maximum absolute atomic E-state index is 11.5. The van der Waals surface area contributed by atoms with Gasteiger partial charge in [0.05, 0.1) is 0 Å². The lowest BCUT2D eigenvalue weighted by atomic mass is 10.1. The number of nitrogens with one attached hydrogen (secondary N) is 2. The lowest BCUT2D eigenvalue weighted by Gasteiger charge is -2.17. The Hall–Kier alpha value is -0.660. The number of carbonyl (C=O) groups is 1. The average molecular weight is 252 g/mol. The molecule has 0 fully saturated rings. The molecule has 0 saturated heterocycles. The van der Waals surface area contributed by atoms with Crippen LogP contribution in [-0.4, -0.2) is 31.6 Å². The van der Waals surface area contributed by atoms with Crippen molar-refractivity contribution in [3.63, 3.8) is 0 Å². The van der Waals surface area contributed by atoms with Gasteiger partial charge in [0.2, 0.25) is 0 Å². The highest BCUT2D eigenvalue weighted by Crippen LogP contribution is 2.05. The maximum Gasteiger partial charge on any atom is 0.321 e. The molecule has 0 amide bonds. The second-order valence-electron chi connectivity index (χ2n) is 4.41. The van der Waals surface area contributed by atoms with E-state index in [2.05, 4.69) is 9.44 Å². The molecule has 3 N–H and O–H groups in total. The van der Waals surface area contributed by atoms with Gasteiger partial charge in [-0.2, -0.15) is 17.9 Å². The van der Waals surface area contributed by atoms with Crippen LogP contribution < -0.4 is 9.44 Å². The topological polar surface area (TPSA) is 95.5 Å². The van der Waals surface area contributed by atoms with Crippen LogP contribution in [0.2, 0.25) is 0 Å². The molecule has 0 aliphatic heterocycles. The third-order valence-corrected chi connectivity index (χ3v) is 3.07. The van der Waals surface area contributed by atoms with E-state index in [9.17, 15) is 13.2 Å². The molecule has 1 atom stereocenters. The van der Waals surface area contributed by atoms with Gasteiger partial charge in [-0.3, -0.25) is 4.79 Å². The van der Waals surface area contributed by atoms with Crippen molar-refractivity contribution in [2.45, 2.75) is 46.2 Å². The van der Waals surface area contributed by atoms with E-state index >= 15 is 0 Å². The predicted molar refractivity (Wildman–Crippen MR) is 61.2 cm³/mol. The van der Waals surface area contributed by atoms with Gasteiger partial charge >= 0.3 is 5.97 Å². The van der Waals surface area contributed by atoms with Gasteiger partial charge in [-0.05, 0) is 26.2 Å². The number of aliphatic carboxylic acids is 1. The predicted octanol–water partition coefficient (Wildman–Crippen LogP) is 0.318. The van der Waals surface area contributed by atoms with Crippen LogP contribution in [0.25, 0.3) is 0 Å². The number of hydrogen-bond acceptors (Lipinski definition) is 3. The molecule has 0 aliphatic rings. The first kappa shape index (κ1) is 15.3. The van der Waals surface area contributed by atoms with Gasteiger partial charge in [-0.15, -0.1) is 0 Å². The van der Waals surface area contributed by atoms with Crippen LogP contribution in [-0.2, 0) is 15.0 Å². The number of rotatable bonds is 7. The van der Waals surface area contributed by atoms with Crippen LogP contribution in [0.3, 0.4) is 0 Å². The largest absolute Gasteiger partial charge is 0.480 e. The Bertz CT molecular complexity index is 324. The molecular weight excluding hydrogens is 232 g/mol. The van der Waals surface area contributed by atoms with E-state index in [1.54, 1.807) is 13.8 Å². The average Bonchev–Trinajstić information content (AvgIpc) is 1.98. The Morgan fingerprint density at radius 1 is 1.19 bits per heavy atom. The molecule has 0 heterocycles. The van der Waals surface area contributed by atoms with Gasteiger partial charge in [-0.25, -0.2) is 0 Å². The number of carboxylic acid groups (broad SMARTS) is 1. The quantitative estimate of drug-likeness (QED) is 0.608. The third-order valence-electron chi connectivity index (χ3n) is 1.69. The van der Waals surface area contributed by atoms with Crippen molar-refractivity contribution in [2.75, 3.05) is 0 Å². The van der Waals surface area contributed by atoms with Crippen LogP contribution in [0.15, 0.2) is 0 Å². The van der Waals surface area contributed by atoms with Crippen molar-refractivity contribution < 1.29 is 18.3 Å². The molecular formula is C9H20N2O4S. The molecule has 0 aromatic carbocycles. The smallest absolute Gasteiger partial charge is 0.321 e. The summed E-state index contributed by atoms with van der Waals surface area (Å²) < 4.78 is 27.3. The second-order valence-corrected chi connectivity index (χ2v) is 5.89. The fourth-order valence-corrected chi connectivity index (χ4v) is 2.46. The molecule has 0 radical (unpaired) electrons. The van der Waals surface area contributed by atoms with Crippen molar-refractivity contribution >= 4 is 16.2 Å². The van der Waals surface area contributed by atoms with Gasteiger partial charge in [-0.1, -0.05) is 13.8 Å². The van der Waals surface area contributed by atoms with E-state index in [0.717, 1.165) is 0 Å². The number of carboxylic acids is 1. The third kappa shape index (κ3) is 6.76. The SMILES string of the molecule is CC(C)CC(NS(=O)(=O)NC(C)C)C(=O)O. The summed E-state index contributed by atoms with van der Waals surface area (Å²) >= 11 is 0. The zero-order chi connectivity index (χ0) is 12.9. The lowest BCUT2D eigenvalue weighted by Crippen LogP contribution is -2.48. The molecule has 96 valence electrons. The fourth-order valence-electron chi connectivity index (χ4n) is 1.20. The summed E-state index contributed by atoms with van der Waals surface area (Å²) in [4.78, 5) is 10.8. The molecule has 16 heavy (non-hydrogen) atoms. The first-order valence-corrected chi connectivity index (χ1v) is 6.64. The van der Waals surface area contributed by atoms with Crippen LogP contribution in [0.5, 0.6) is 0 Å². The monoisotopic (exact) mass is 252 g/mol. The van der Waals surface area contributed by atoms with E-state index in [-0.39, 0.29) is 18.4 Å². The van der Waals surface area contributed by atoms with E-state index in [1.165, 1.54) is 0 Å². The zero-order valence-corrected chi connectivity index (χ0v) is 10.8. The summed E-state index contributed by atoms with van der Waals surface area (Å²) in [5, 5.41) is 8.86. The minimum Gasteiger partial charge on any atom is -0.480 e. The minimum atomic E-state index is -3.75. The molecule has 0 saturated carbocycles. The van der Waals surface area contributed by atoms with Gasteiger partial charge in [0.1, 0.15) is 6.04 Å². The van der Waals surface area contributed by atoms with Crippen molar-refractivity contribution in [1.82, 2.24) is 9.44 Å². The molecule has 0 aliphatic carbocycles. The Morgan fingerprint density at radius 3 is 2.00 bits per heavy atom. The van der Waals surface area contributed by atoms with Crippen molar-refractivity contribution in [2.24, 2.45) is 5.92 Å². The highest BCUT2D eigenvalue weighted by molar-refractivity contribution is 7.87. The first-order chi connectivity index (χ1) is 7.14. The van der Waals surface area contributed by atoms with Crippen LogP contribution in [0, 0.1) is 5.92 Å². The molecule has 0 bridgehead atoms. The summed E-state index contributed by atoms with van der Waals surface area (Å²) in [6.45, 7) is 7.00. The molecule has 0 rings (SSSR count). The van der Waals surface area contributed by atoms with E-state index in [0.29, 0.717) is 0 Å². The standard InChI is InChI=1S/C9H20N2O4S/c1-6(2)5-8(9(12)13)11-16(14,15)10-7(3)4/h6-8,10-11H,5H2,1-4H3,(H,12,13). The van der Waals surface area contributed by atoms with Crippen molar-refractivity contribution in [3.05, 3.63) is 0 Å². The summed E-state index contributed by atoms with van der Waals surface area (Å²) in [6.07, 6.45) is 0.258. The van der Waals surface area contributed by atoms with Crippen LogP contribution >= 0.6 is 0 Å². The Morgan fingerprint density at radius 2 is 1.69 bits per heavy atom. The summed E-state index contributed by atoms with van der Waals surface area (Å²) in [7, 11) is -3.75. The highest BCUT2D eigenvalue weighted by Gasteiger charge is 2.24. The molecule has 7 heteroatoms. The van der Waals surface area contributed by atoms with Crippen molar-refractivity contribution in [3.8, 4) is 0 Å².